The minimum Gasteiger partial charge on any atom is -0.368 e. The summed E-state index contributed by atoms with van der Waals surface area (Å²) in [7, 11) is 0. The standard InChI is InChI=1S/C18H18F3N7O/c1-10-15(16(22)29)23-6-7-27(10)14-4-5-24-17(26-14)12-8-25-13-3-2-11(9-28(12)13)18(19,20)21/h2-5,8-10,15,23H,6-7H2,1H3,(H2,22,29). The first kappa shape index (κ1) is 19.1. The molecule has 29 heavy (non-hydrogen) atoms. The molecule has 1 fully saturated rings. The molecule has 4 heterocycles. The third-order valence-electron chi connectivity index (χ3n) is 4.99. The van der Waals surface area contributed by atoms with Crippen molar-refractivity contribution in [2.75, 3.05) is 18.0 Å². The maximum Gasteiger partial charge on any atom is 0.417 e. The van der Waals surface area contributed by atoms with Crippen molar-refractivity contribution in [2.24, 2.45) is 5.73 Å². The topological polar surface area (TPSA) is 101 Å². The Hall–Kier alpha value is -3.21. The molecule has 0 saturated carbocycles. The normalized spacial score (nSPS) is 20.2. The second-order valence-electron chi connectivity index (χ2n) is 6.79. The number of carbonyl (C=O) groups is 1. The number of piperazine rings is 1. The van der Waals surface area contributed by atoms with Crippen LogP contribution in [-0.2, 0) is 11.0 Å². The van der Waals surface area contributed by atoms with E-state index in [-0.39, 0.29) is 11.9 Å². The van der Waals surface area contributed by atoms with Crippen LogP contribution < -0.4 is 16.0 Å². The number of fused-ring (bicyclic) bond motifs is 1. The van der Waals surface area contributed by atoms with Crippen LogP contribution in [0.15, 0.2) is 36.8 Å². The minimum absolute atomic E-state index is 0.232. The Morgan fingerprint density at radius 1 is 1.28 bits per heavy atom. The zero-order valence-electron chi connectivity index (χ0n) is 15.4. The summed E-state index contributed by atoms with van der Waals surface area (Å²) in [4.78, 5) is 26.4. The quantitative estimate of drug-likeness (QED) is 0.684. The molecule has 152 valence electrons. The van der Waals surface area contributed by atoms with Gasteiger partial charge >= 0.3 is 6.18 Å². The van der Waals surface area contributed by atoms with Gasteiger partial charge in [-0.15, -0.1) is 0 Å². The first-order valence-corrected chi connectivity index (χ1v) is 8.93. The van der Waals surface area contributed by atoms with E-state index in [1.807, 2.05) is 11.8 Å². The highest BCUT2D eigenvalue weighted by molar-refractivity contribution is 5.81. The van der Waals surface area contributed by atoms with Gasteiger partial charge in [-0.1, -0.05) is 0 Å². The number of pyridine rings is 1. The third kappa shape index (κ3) is 3.48. The van der Waals surface area contributed by atoms with Gasteiger partial charge < -0.3 is 16.0 Å². The fourth-order valence-corrected chi connectivity index (χ4v) is 3.50. The number of anilines is 1. The molecule has 1 saturated heterocycles. The molecule has 3 aromatic heterocycles. The Kier molecular flexibility index (Phi) is 4.61. The molecule has 0 aromatic carbocycles. The van der Waals surface area contributed by atoms with Crippen LogP contribution in [-0.4, -0.2) is 50.4 Å². The molecule has 2 atom stereocenters. The van der Waals surface area contributed by atoms with Gasteiger partial charge in [0.25, 0.3) is 0 Å². The fraction of sp³-hybridized carbons (Fsp3) is 0.333. The number of halogens is 3. The van der Waals surface area contributed by atoms with Crippen LogP contribution in [0.25, 0.3) is 17.2 Å². The average Bonchev–Trinajstić information content (AvgIpc) is 3.10. The van der Waals surface area contributed by atoms with Crippen LogP contribution in [0.5, 0.6) is 0 Å². The van der Waals surface area contributed by atoms with Gasteiger partial charge in [0.2, 0.25) is 5.91 Å². The summed E-state index contributed by atoms with van der Waals surface area (Å²) in [6.07, 6.45) is -0.538. The lowest BCUT2D eigenvalue weighted by Gasteiger charge is -2.39. The summed E-state index contributed by atoms with van der Waals surface area (Å²) >= 11 is 0. The number of carbonyl (C=O) groups excluding carboxylic acids is 1. The summed E-state index contributed by atoms with van der Waals surface area (Å²) in [5.74, 6) is 0.325. The molecule has 0 aliphatic carbocycles. The maximum absolute atomic E-state index is 13.1. The average molecular weight is 405 g/mol. The summed E-state index contributed by atoms with van der Waals surface area (Å²) in [5, 5.41) is 3.07. The van der Waals surface area contributed by atoms with Crippen molar-refractivity contribution in [2.45, 2.75) is 25.2 Å². The lowest BCUT2D eigenvalue weighted by atomic mass is 10.0. The first-order valence-electron chi connectivity index (χ1n) is 8.93. The van der Waals surface area contributed by atoms with Crippen LogP contribution >= 0.6 is 0 Å². The largest absolute Gasteiger partial charge is 0.417 e. The van der Waals surface area contributed by atoms with Gasteiger partial charge in [0.15, 0.2) is 5.82 Å². The van der Waals surface area contributed by atoms with E-state index in [0.29, 0.717) is 30.2 Å². The zero-order chi connectivity index (χ0) is 20.8. The number of imidazole rings is 1. The molecule has 1 amide bonds. The summed E-state index contributed by atoms with van der Waals surface area (Å²) in [6, 6.07) is 3.19. The highest BCUT2D eigenvalue weighted by Crippen LogP contribution is 2.30. The van der Waals surface area contributed by atoms with Gasteiger partial charge in [-0.3, -0.25) is 9.20 Å². The molecule has 1 aliphatic rings. The number of aromatic nitrogens is 4. The number of hydrogen-bond donors (Lipinski definition) is 2. The van der Waals surface area contributed by atoms with E-state index in [1.54, 1.807) is 6.07 Å². The molecule has 1 aliphatic heterocycles. The first-order chi connectivity index (χ1) is 13.8. The van der Waals surface area contributed by atoms with Crippen LogP contribution in [0.3, 0.4) is 0 Å². The number of primary amides is 1. The Balaban J connectivity index is 1.73. The zero-order valence-corrected chi connectivity index (χ0v) is 15.4. The number of nitrogens with two attached hydrogens (primary N) is 1. The number of rotatable bonds is 3. The Labute approximate surface area is 163 Å². The molecular weight excluding hydrogens is 387 g/mol. The van der Waals surface area contributed by atoms with Crippen molar-refractivity contribution in [3.8, 4) is 11.5 Å². The van der Waals surface area contributed by atoms with Gasteiger partial charge in [0, 0.05) is 25.5 Å². The van der Waals surface area contributed by atoms with E-state index >= 15 is 0 Å². The molecule has 0 radical (unpaired) electrons. The molecule has 0 spiro atoms. The highest BCUT2D eigenvalue weighted by atomic mass is 19.4. The molecule has 4 rings (SSSR count). The Morgan fingerprint density at radius 3 is 2.79 bits per heavy atom. The van der Waals surface area contributed by atoms with Gasteiger partial charge in [-0.2, -0.15) is 13.2 Å². The fourth-order valence-electron chi connectivity index (χ4n) is 3.50. The number of alkyl halides is 3. The van der Waals surface area contributed by atoms with Crippen molar-refractivity contribution in [3.63, 3.8) is 0 Å². The van der Waals surface area contributed by atoms with E-state index in [0.717, 1.165) is 12.3 Å². The van der Waals surface area contributed by atoms with E-state index < -0.39 is 23.7 Å². The maximum atomic E-state index is 13.1. The van der Waals surface area contributed by atoms with Gasteiger partial charge in [0.1, 0.15) is 23.2 Å². The molecular formula is C18H18F3N7O. The SMILES string of the molecule is CC1C(C(N)=O)NCCN1c1ccnc(-c2cnc3ccc(C(F)(F)F)cn23)n1. The second kappa shape index (κ2) is 6.99. The lowest BCUT2D eigenvalue weighted by Crippen LogP contribution is -2.61. The van der Waals surface area contributed by atoms with E-state index in [1.165, 1.54) is 22.9 Å². The van der Waals surface area contributed by atoms with Crippen molar-refractivity contribution in [1.29, 1.82) is 0 Å². The number of amides is 1. The summed E-state index contributed by atoms with van der Waals surface area (Å²) in [5.41, 5.74) is 5.35. The smallest absolute Gasteiger partial charge is 0.368 e. The number of nitrogens with one attached hydrogen (secondary N) is 1. The van der Waals surface area contributed by atoms with E-state index in [2.05, 4.69) is 20.3 Å². The van der Waals surface area contributed by atoms with E-state index in [4.69, 9.17) is 5.73 Å². The molecule has 0 bridgehead atoms. The number of nitrogens with zero attached hydrogens (tertiary/aromatic N) is 5. The predicted molar refractivity (Wildman–Crippen MR) is 99.0 cm³/mol. The molecule has 8 nitrogen and oxygen atoms in total. The van der Waals surface area contributed by atoms with Crippen LogP contribution in [0.2, 0.25) is 0 Å². The summed E-state index contributed by atoms with van der Waals surface area (Å²) < 4.78 is 40.6. The van der Waals surface area contributed by atoms with Gasteiger partial charge in [-0.25, -0.2) is 15.0 Å². The third-order valence-corrected chi connectivity index (χ3v) is 4.99. The molecule has 3 N–H and O–H groups in total. The molecule has 3 aromatic rings. The Bertz CT molecular complexity index is 1070. The lowest BCUT2D eigenvalue weighted by molar-refractivity contribution is -0.137. The second-order valence-corrected chi connectivity index (χ2v) is 6.79. The van der Waals surface area contributed by atoms with Gasteiger partial charge in [0.05, 0.1) is 17.8 Å². The van der Waals surface area contributed by atoms with Crippen molar-refractivity contribution < 1.29 is 18.0 Å². The monoisotopic (exact) mass is 405 g/mol. The van der Waals surface area contributed by atoms with E-state index in [9.17, 15) is 18.0 Å². The van der Waals surface area contributed by atoms with Crippen molar-refractivity contribution in [3.05, 3.63) is 42.4 Å². The predicted octanol–water partition coefficient (Wildman–Crippen LogP) is 1.46. The van der Waals surface area contributed by atoms with Crippen molar-refractivity contribution >= 4 is 17.4 Å². The van der Waals surface area contributed by atoms with Crippen LogP contribution in [0, 0.1) is 0 Å². The highest BCUT2D eigenvalue weighted by Gasteiger charge is 2.33. The Morgan fingerprint density at radius 2 is 2.07 bits per heavy atom. The van der Waals surface area contributed by atoms with Gasteiger partial charge in [-0.05, 0) is 25.1 Å². The summed E-state index contributed by atoms with van der Waals surface area (Å²) in [6.45, 7) is 2.99. The minimum atomic E-state index is -4.47. The molecule has 11 heteroatoms. The van der Waals surface area contributed by atoms with Crippen molar-refractivity contribution in [1.82, 2.24) is 24.7 Å². The number of hydrogen-bond acceptors (Lipinski definition) is 6. The van der Waals surface area contributed by atoms with Crippen LogP contribution in [0.1, 0.15) is 12.5 Å². The van der Waals surface area contributed by atoms with Crippen LogP contribution in [0.4, 0.5) is 19.0 Å². The molecule has 2 unspecified atom stereocenters.